The van der Waals surface area contributed by atoms with Gasteiger partial charge in [-0.1, -0.05) is 0 Å². The van der Waals surface area contributed by atoms with Gasteiger partial charge < -0.3 is 9.64 Å². The van der Waals surface area contributed by atoms with Crippen molar-refractivity contribution in [2.75, 3.05) is 21.2 Å². The molecule has 0 saturated heterocycles. The van der Waals surface area contributed by atoms with E-state index >= 15 is 0 Å². The fraction of sp³-hybridized carbons (Fsp3) is 1.00. The van der Waals surface area contributed by atoms with Gasteiger partial charge in [-0.2, -0.15) is 0 Å². The summed E-state index contributed by atoms with van der Waals surface area (Å²) >= 11 is 0. The van der Waals surface area contributed by atoms with Gasteiger partial charge in [-0.05, 0) is 33.4 Å². The van der Waals surface area contributed by atoms with Crippen LogP contribution in [0, 0.1) is 0 Å². The van der Waals surface area contributed by atoms with Crippen LogP contribution in [0.1, 0.15) is 19.3 Å². The molecule has 1 rings (SSSR count). The quantitative estimate of drug-likeness (QED) is 0.574. The van der Waals surface area contributed by atoms with Crippen LogP contribution in [-0.4, -0.2) is 38.3 Å². The minimum absolute atomic E-state index is 0.481. The van der Waals surface area contributed by atoms with Crippen LogP contribution >= 0.6 is 0 Å². The maximum atomic E-state index is 5.34. The summed E-state index contributed by atoms with van der Waals surface area (Å²) in [5, 5.41) is 0. The van der Waals surface area contributed by atoms with Crippen molar-refractivity contribution in [3.63, 3.8) is 0 Å². The Kier molecular flexibility index (Phi) is 2.69. The minimum atomic E-state index is 0.481. The fourth-order valence-electron chi connectivity index (χ4n) is 1.77. The van der Waals surface area contributed by atoms with E-state index in [9.17, 15) is 0 Å². The van der Waals surface area contributed by atoms with E-state index in [0.717, 1.165) is 0 Å². The first-order chi connectivity index (χ1) is 4.75. The van der Waals surface area contributed by atoms with Crippen molar-refractivity contribution in [1.29, 1.82) is 0 Å². The number of ether oxygens (including phenoxy) is 1. The third-order valence-electron chi connectivity index (χ3n) is 2.38. The molecular formula is C8H17NO. The van der Waals surface area contributed by atoms with Gasteiger partial charge in [0.2, 0.25) is 0 Å². The van der Waals surface area contributed by atoms with Gasteiger partial charge in [-0.15, -0.1) is 0 Å². The highest BCUT2D eigenvalue weighted by Gasteiger charge is 2.28. The third-order valence-corrected chi connectivity index (χ3v) is 2.38. The first-order valence-electron chi connectivity index (χ1n) is 3.95. The zero-order valence-electron chi connectivity index (χ0n) is 7.13. The Morgan fingerprint density at radius 2 is 2.00 bits per heavy atom. The number of methoxy groups -OCH3 is 1. The minimum Gasteiger partial charge on any atom is -0.380 e. The van der Waals surface area contributed by atoms with Crippen LogP contribution < -0.4 is 0 Å². The number of nitrogens with zero attached hydrogens (tertiary/aromatic N) is 1. The van der Waals surface area contributed by atoms with E-state index in [2.05, 4.69) is 19.0 Å². The second-order valence-electron chi connectivity index (χ2n) is 3.24. The molecule has 60 valence electrons. The highest BCUT2D eigenvalue weighted by Crippen LogP contribution is 2.24. The van der Waals surface area contributed by atoms with Crippen LogP contribution in [0.2, 0.25) is 0 Å². The normalized spacial score (nSPS) is 33.6. The molecule has 1 aliphatic rings. The van der Waals surface area contributed by atoms with Gasteiger partial charge in [0.15, 0.2) is 0 Å². The highest BCUT2D eigenvalue weighted by atomic mass is 16.5. The molecule has 0 aliphatic heterocycles. The third kappa shape index (κ3) is 1.50. The van der Waals surface area contributed by atoms with E-state index in [4.69, 9.17) is 4.74 Å². The maximum Gasteiger partial charge on any atom is 0.0726 e. The van der Waals surface area contributed by atoms with Gasteiger partial charge in [0, 0.05) is 13.2 Å². The van der Waals surface area contributed by atoms with Gasteiger partial charge in [0.05, 0.1) is 6.10 Å². The van der Waals surface area contributed by atoms with E-state index in [0.29, 0.717) is 12.1 Å². The number of hydrogen-bond donors (Lipinski definition) is 0. The van der Waals surface area contributed by atoms with Crippen LogP contribution in [0.3, 0.4) is 0 Å². The lowest BCUT2D eigenvalue weighted by Gasteiger charge is -2.24. The van der Waals surface area contributed by atoms with Crippen LogP contribution in [0.4, 0.5) is 0 Å². The van der Waals surface area contributed by atoms with E-state index in [1.54, 1.807) is 0 Å². The Hall–Kier alpha value is -0.0800. The van der Waals surface area contributed by atoms with Gasteiger partial charge in [0.1, 0.15) is 0 Å². The Morgan fingerprint density at radius 1 is 1.30 bits per heavy atom. The second-order valence-corrected chi connectivity index (χ2v) is 3.24. The van der Waals surface area contributed by atoms with Crippen molar-refractivity contribution in [3.8, 4) is 0 Å². The first-order valence-corrected chi connectivity index (χ1v) is 3.95. The molecule has 1 saturated carbocycles. The Balaban J connectivity index is 2.42. The van der Waals surface area contributed by atoms with Crippen molar-refractivity contribution in [1.82, 2.24) is 4.90 Å². The van der Waals surface area contributed by atoms with E-state index in [1.165, 1.54) is 19.3 Å². The van der Waals surface area contributed by atoms with E-state index in [1.807, 2.05) is 7.11 Å². The molecule has 0 spiro atoms. The fourth-order valence-corrected chi connectivity index (χ4v) is 1.77. The summed E-state index contributed by atoms with van der Waals surface area (Å²) in [4.78, 5) is 2.27. The summed E-state index contributed by atoms with van der Waals surface area (Å²) in [6.07, 6.45) is 4.33. The van der Waals surface area contributed by atoms with Gasteiger partial charge in [-0.3, -0.25) is 0 Å². The lowest BCUT2D eigenvalue weighted by molar-refractivity contribution is 0.0520. The van der Waals surface area contributed by atoms with E-state index < -0.39 is 0 Å². The molecule has 0 N–H and O–H groups in total. The lowest BCUT2D eigenvalue weighted by atomic mass is 10.2. The van der Waals surface area contributed by atoms with Crippen LogP contribution in [0.5, 0.6) is 0 Å². The average molecular weight is 143 g/mol. The van der Waals surface area contributed by atoms with Gasteiger partial charge in [0.25, 0.3) is 0 Å². The topological polar surface area (TPSA) is 12.5 Å². The zero-order chi connectivity index (χ0) is 7.56. The molecular weight excluding hydrogens is 126 g/mol. The lowest BCUT2D eigenvalue weighted by Crippen LogP contribution is -2.35. The zero-order valence-corrected chi connectivity index (χ0v) is 7.13. The first kappa shape index (κ1) is 8.02. The van der Waals surface area contributed by atoms with Crippen molar-refractivity contribution in [2.45, 2.75) is 31.4 Å². The summed E-state index contributed by atoms with van der Waals surface area (Å²) < 4.78 is 5.34. The van der Waals surface area contributed by atoms with Crippen molar-refractivity contribution >= 4 is 0 Å². The van der Waals surface area contributed by atoms with Crippen molar-refractivity contribution in [2.24, 2.45) is 0 Å². The largest absolute Gasteiger partial charge is 0.380 e. The molecule has 1 unspecified atom stereocenters. The maximum absolute atomic E-state index is 5.34. The highest BCUT2D eigenvalue weighted by molar-refractivity contribution is 4.83. The average Bonchev–Trinajstić information content (AvgIpc) is 2.33. The second kappa shape index (κ2) is 3.35. The molecule has 0 bridgehead atoms. The van der Waals surface area contributed by atoms with Crippen LogP contribution in [-0.2, 0) is 4.74 Å². The smallest absolute Gasteiger partial charge is 0.0726 e. The number of rotatable bonds is 2. The molecule has 2 nitrogen and oxygen atoms in total. The molecule has 1 fully saturated rings. The summed E-state index contributed by atoms with van der Waals surface area (Å²) in [5.41, 5.74) is 0. The number of hydrogen-bond acceptors (Lipinski definition) is 2. The van der Waals surface area contributed by atoms with Crippen LogP contribution in [0.15, 0.2) is 0 Å². The van der Waals surface area contributed by atoms with Crippen LogP contribution in [0.25, 0.3) is 0 Å². The Labute approximate surface area is 63.2 Å². The predicted octanol–water partition coefficient (Wildman–Crippen LogP) is 1.12. The standard InChI is InChI=1S/C8H17NO/c1-9(2)7-5-4-6-8(7)10-3/h7-8H,4-6H2,1-3H3/t7?,8-/m1/s1. The molecule has 0 aromatic rings. The number of likely N-dealkylation sites (N-methyl/N-ethyl adjacent to an activating group) is 1. The predicted molar refractivity (Wildman–Crippen MR) is 42.1 cm³/mol. The molecule has 0 aromatic heterocycles. The summed E-state index contributed by atoms with van der Waals surface area (Å²) in [6.45, 7) is 0. The summed E-state index contributed by atoms with van der Waals surface area (Å²) in [7, 11) is 6.07. The molecule has 2 heteroatoms. The molecule has 0 radical (unpaired) electrons. The summed E-state index contributed by atoms with van der Waals surface area (Å²) in [6, 6.07) is 0.657. The molecule has 10 heavy (non-hydrogen) atoms. The SMILES string of the molecule is CO[C@@H]1CCCC1N(C)C. The van der Waals surface area contributed by atoms with Gasteiger partial charge in [-0.25, -0.2) is 0 Å². The molecule has 2 atom stereocenters. The van der Waals surface area contributed by atoms with Crippen molar-refractivity contribution in [3.05, 3.63) is 0 Å². The molecule has 0 aromatic carbocycles. The Morgan fingerprint density at radius 3 is 2.40 bits per heavy atom. The molecule has 0 amide bonds. The molecule has 1 aliphatic carbocycles. The van der Waals surface area contributed by atoms with Crippen molar-refractivity contribution < 1.29 is 4.74 Å². The summed E-state index contributed by atoms with van der Waals surface area (Å²) in [5.74, 6) is 0. The Bertz CT molecular complexity index is 103. The van der Waals surface area contributed by atoms with E-state index in [-0.39, 0.29) is 0 Å². The monoisotopic (exact) mass is 143 g/mol. The van der Waals surface area contributed by atoms with Gasteiger partial charge >= 0.3 is 0 Å². The molecule has 0 heterocycles.